The predicted octanol–water partition coefficient (Wildman–Crippen LogP) is 4.62. The van der Waals surface area contributed by atoms with Crippen LogP contribution in [0.4, 0.5) is 0 Å². The second kappa shape index (κ2) is 3.62. The smallest absolute Gasteiger partial charge is 0.215 e. The number of hydrogen-bond acceptors (Lipinski definition) is 3. The normalized spacial score (nSPS) is 11.6. The lowest BCUT2D eigenvalue weighted by molar-refractivity contribution is 0.419. The topological polar surface area (TPSA) is 40.5 Å². The quantitative estimate of drug-likeness (QED) is 0.456. The fourth-order valence-electron chi connectivity index (χ4n) is 2.58. The highest BCUT2D eigenvalue weighted by Crippen LogP contribution is 2.45. The van der Waals surface area contributed by atoms with Crippen LogP contribution in [-0.4, -0.2) is 10.2 Å². The highest BCUT2D eigenvalue weighted by molar-refractivity contribution is 7.21. The summed E-state index contributed by atoms with van der Waals surface area (Å²) in [5, 5.41) is 24.8. The van der Waals surface area contributed by atoms with Crippen LogP contribution in [0.2, 0.25) is 0 Å². The Morgan fingerprint density at radius 1 is 0.789 bits per heavy atom. The Kier molecular flexibility index (Phi) is 2.03. The number of aromatic hydroxyl groups is 2. The summed E-state index contributed by atoms with van der Waals surface area (Å²) in [6.07, 6.45) is 0. The van der Waals surface area contributed by atoms with E-state index in [0.717, 1.165) is 26.2 Å². The summed E-state index contributed by atoms with van der Waals surface area (Å²) in [6.45, 7) is 0. The van der Waals surface area contributed by atoms with Crippen LogP contribution in [0, 0.1) is 0 Å². The molecule has 0 atom stereocenters. The Bertz CT molecular complexity index is 938. The maximum absolute atomic E-state index is 10.0. The molecule has 0 saturated carbocycles. The Morgan fingerprint density at radius 2 is 1.53 bits per heavy atom. The third-order valence-corrected chi connectivity index (χ3v) is 4.44. The zero-order chi connectivity index (χ0) is 13.0. The van der Waals surface area contributed by atoms with Crippen molar-refractivity contribution < 1.29 is 10.2 Å². The van der Waals surface area contributed by atoms with Crippen molar-refractivity contribution in [2.24, 2.45) is 0 Å². The van der Waals surface area contributed by atoms with Crippen molar-refractivity contribution in [3.8, 4) is 10.8 Å². The van der Waals surface area contributed by atoms with Gasteiger partial charge in [0.2, 0.25) is 5.06 Å². The summed E-state index contributed by atoms with van der Waals surface area (Å²) in [4.78, 5) is 0. The molecule has 4 rings (SSSR count). The Balaban J connectivity index is 2.28. The van der Waals surface area contributed by atoms with Crippen LogP contribution in [0.1, 0.15) is 0 Å². The Hall–Kier alpha value is -2.26. The third-order valence-electron chi connectivity index (χ3n) is 3.49. The molecule has 0 unspecified atom stereocenters. The van der Waals surface area contributed by atoms with Gasteiger partial charge in [-0.05, 0) is 39.7 Å². The number of benzene rings is 3. The lowest BCUT2D eigenvalue weighted by Gasteiger charge is -2.04. The molecule has 0 aliphatic heterocycles. The van der Waals surface area contributed by atoms with Gasteiger partial charge in [-0.2, -0.15) is 0 Å². The predicted molar refractivity (Wildman–Crippen MR) is 80.2 cm³/mol. The van der Waals surface area contributed by atoms with Crippen LogP contribution in [0.15, 0.2) is 48.5 Å². The van der Waals surface area contributed by atoms with Gasteiger partial charge in [0.15, 0.2) is 5.75 Å². The molecule has 92 valence electrons. The van der Waals surface area contributed by atoms with Gasteiger partial charge in [0.1, 0.15) is 0 Å². The standard InChI is InChI=1S/C16H10O2S/c17-15-14-12-8-10-4-2-1-3-9(10)7-11(12)5-6-13(14)19-16(15)18/h1-8,17-18H. The molecule has 3 aromatic carbocycles. The average molecular weight is 266 g/mol. The van der Waals surface area contributed by atoms with Crippen LogP contribution in [0.25, 0.3) is 31.6 Å². The molecular weight excluding hydrogens is 256 g/mol. The first kappa shape index (κ1) is 10.6. The van der Waals surface area contributed by atoms with Crippen LogP contribution in [0.5, 0.6) is 10.8 Å². The Labute approximate surface area is 113 Å². The lowest BCUT2D eigenvalue weighted by Crippen LogP contribution is -1.77. The van der Waals surface area contributed by atoms with Gasteiger partial charge in [-0.3, -0.25) is 0 Å². The second-order valence-corrected chi connectivity index (χ2v) is 5.65. The van der Waals surface area contributed by atoms with Crippen molar-refractivity contribution in [2.45, 2.75) is 0 Å². The van der Waals surface area contributed by atoms with E-state index < -0.39 is 0 Å². The van der Waals surface area contributed by atoms with Gasteiger partial charge in [-0.15, -0.1) is 0 Å². The van der Waals surface area contributed by atoms with Gasteiger partial charge in [0.05, 0.1) is 0 Å². The van der Waals surface area contributed by atoms with Crippen LogP contribution in [0.3, 0.4) is 0 Å². The number of rotatable bonds is 0. The van der Waals surface area contributed by atoms with Crippen molar-refractivity contribution in [3.05, 3.63) is 48.5 Å². The molecular formula is C16H10O2S. The van der Waals surface area contributed by atoms with Crippen LogP contribution >= 0.6 is 11.3 Å². The SMILES string of the molecule is Oc1sc2ccc3cc4ccccc4cc3c2c1O. The lowest BCUT2D eigenvalue weighted by atomic mass is 10.0. The molecule has 0 aliphatic rings. The zero-order valence-corrected chi connectivity index (χ0v) is 10.7. The third kappa shape index (κ3) is 1.42. The van der Waals surface area contributed by atoms with E-state index in [1.165, 1.54) is 16.7 Å². The first-order valence-corrected chi connectivity index (χ1v) is 6.81. The molecule has 1 heterocycles. The molecule has 0 aliphatic carbocycles. The van der Waals surface area contributed by atoms with Gasteiger partial charge in [0.25, 0.3) is 0 Å². The molecule has 0 fully saturated rings. The first-order valence-electron chi connectivity index (χ1n) is 6.00. The van der Waals surface area contributed by atoms with E-state index in [-0.39, 0.29) is 10.8 Å². The van der Waals surface area contributed by atoms with Gasteiger partial charge in [-0.25, -0.2) is 0 Å². The highest BCUT2D eigenvalue weighted by Gasteiger charge is 2.13. The minimum Gasteiger partial charge on any atom is -0.503 e. The monoisotopic (exact) mass is 266 g/mol. The van der Waals surface area contributed by atoms with Gasteiger partial charge in [0, 0.05) is 10.1 Å². The summed E-state index contributed by atoms with van der Waals surface area (Å²) >= 11 is 1.20. The van der Waals surface area contributed by atoms with Crippen molar-refractivity contribution in [2.75, 3.05) is 0 Å². The van der Waals surface area contributed by atoms with E-state index in [0.29, 0.717) is 0 Å². The fraction of sp³-hybridized carbons (Fsp3) is 0. The molecule has 0 saturated heterocycles. The first-order chi connectivity index (χ1) is 9.24. The van der Waals surface area contributed by atoms with Gasteiger partial charge in [-0.1, -0.05) is 41.7 Å². The number of hydrogen-bond donors (Lipinski definition) is 2. The van der Waals surface area contributed by atoms with Crippen molar-refractivity contribution >= 4 is 43.0 Å². The van der Waals surface area contributed by atoms with Crippen molar-refractivity contribution in [1.82, 2.24) is 0 Å². The molecule has 2 N–H and O–H groups in total. The van der Waals surface area contributed by atoms with E-state index in [4.69, 9.17) is 0 Å². The number of fused-ring (bicyclic) bond motifs is 4. The highest BCUT2D eigenvalue weighted by atomic mass is 32.1. The summed E-state index contributed by atoms with van der Waals surface area (Å²) in [5.74, 6) is -0.0131. The summed E-state index contributed by atoms with van der Waals surface area (Å²) in [7, 11) is 0. The molecule has 3 heteroatoms. The average Bonchev–Trinajstić information content (AvgIpc) is 2.72. The van der Waals surface area contributed by atoms with Crippen molar-refractivity contribution in [1.29, 1.82) is 0 Å². The molecule has 0 radical (unpaired) electrons. The molecule has 4 aromatic rings. The summed E-state index contributed by atoms with van der Waals surface area (Å²) < 4.78 is 0.901. The van der Waals surface area contributed by atoms with E-state index in [1.54, 1.807) is 0 Å². The van der Waals surface area contributed by atoms with E-state index in [1.807, 2.05) is 24.3 Å². The summed E-state index contributed by atoms with van der Waals surface area (Å²) in [6, 6.07) is 16.3. The minimum atomic E-state index is -0.0179. The van der Waals surface area contributed by atoms with E-state index in [2.05, 4.69) is 24.3 Å². The zero-order valence-electron chi connectivity index (χ0n) is 9.92. The van der Waals surface area contributed by atoms with Crippen LogP contribution < -0.4 is 0 Å². The Morgan fingerprint density at radius 3 is 2.32 bits per heavy atom. The number of thiophene rings is 1. The molecule has 0 spiro atoms. The van der Waals surface area contributed by atoms with Gasteiger partial charge >= 0.3 is 0 Å². The largest absolute Gasteiger partial charge is 0.503 e. The van der Waals surface area contributed by atoms with Crippen molar-refractivity contribution in [3.63, 3.8) is 0 Å². The van der Waals surface area contributed by atoms with E-state index >= 15 is 0 Å². The maximum atomic E-state index is 10.0. The fourth-order valence-corrected chi connectivity index (χ4v) is 3.43. The minimum absolute atomic E-state index is 0.0131. The molecule has 1 aromatic heterocycles. The maximum Gasteiger partial charge on any atom is 0.215 e. The molecule has 2 nitrogen and oxygen atoms in total. The molecule has 0 bridgehead atoms. The van der Waals surface area contributed by atoms with Gasteiger partial charge < -0.3 is 10.2 Å². The van der Waals surface area contributed by atoms with E-state index in [9.17, 15) is 10.2 Å². The molecule has 19 heavy (non-hydrogen) atoms. The van der Waals surface area contributed by atoms with Crippen LogP contribution in [-0.2, 0) is 0 Å². The molecule has 0 amide bonds. The second-order valence-electron chi connectivity index (χ2n) is 4.62. The summed E-state index contributed by atoms with van der Waals surface area (Å²) in [5.41, 5.74) is 0.